The van der Waals surface area contributed by atoms with Gasteiger partial charge in [0.25, 0.3) is 5.91 Å². The molecule has 2 aromatic carbocycles. The van der Waals surface area contributed by atoms with E-state index in [2.05, 4.69) is 29.6 Å². The number of ether oxygens (including phenoxy) is 1. The number of carbonyl (C=O) groups excluding carboxylic acids is 2. The van der Waals surface area contributed by atoms with E-state index in [0.29, 0.717) is 16.1 Å². The molecule has 0 saturated heterocycles. The summed E-state index contributed by atoms with van der Waals surface area (Å²) in [6.45, 7) is 4.69. The standard InChI is InChI=1S/C24H24N2O3S/c1-16-8-10-18(11-9-16)22(27)25-23-21(24(28)29-2)19-12-13-26(15-20(19)30-23)14-17-6-4-3-5-7-17/h3-11H,12-15H2,1-2H3,(H,25,27)/p+1. The number of benzene rings is 2. The zero-order chi connectivity index (χ0) is 21.1. The van der Waals surface area contributed by atoms with Crippen LogP contribution in [0.2, 0.25) is 0 Å². The smallest absolute Gasteiger partial charge is 0.341 e. The molecule has 30 heavy (non-hydrogen) atoms. The number of thiophene rings is 1. The normalized spacial score (nSPS) is 15.3. The lowest BCUT2D eigenvalue weighted by molar-refractivity contribution is -0.929. The van der Waals surface area contributed by atoms with Crippen molar-refractivity contribution in [3.63, 3.8) is 0 Å². The molecule has 0 aliphatic carbocycles. The summed E-state index contributed by atoms with van der Waals surface area (Å²) < 4.78 is 5.04. The lowest BCUT2D eigenvalue weighted by Crippen LogP contribution is -3.10. The fraction of sp³-hybridized carbons (Fsp3) is 0.250. The van der Waals surface area contributed by atoms with Crippen molar-refractivity contribution in [1.82, 2.24) is 0 Å². The van der Waals surface area contributed by atoms with E-state index in [9.17, 15) is 9.59 Å². The summed E-state index contributed by atoms with van der Waals surface area (Å²) in [4.78, 5) is 27.9. The maximum Gasteiger partial charge on any atom is 0.341 e. The van der Waals surface area contributed by atoms with E-state index in [1.807, 2.05) is 25.1 Å². The highest BCUT2D eigenvalue weighted by molar-refractivity contribution is 7.17. The van der Waals surface area contributed by atoms with Crippen LogP contribution in [0.4, 0.5) is 5.00 Å². The number of rotatable bonds is 5. The first kappa shape index (κ1) is 20.3. The van der Waals surface area contributed by atoms with Gasteiger partial charge >= 0.3 is 5.97 Å². The van der Waals surface area contributed by atoms with E-state index in [0.717, 1.165) is 42.1 Å². The van der Waals surface area contributed by atoms with Crippen LogP contribution >= 0.6 is 11.3 Å². The Labute approximate surface area is 180 Å². The highest BCUT2D eigenvalue weighted by atomic mass is 32.1. The van der Waals surface area contributed by atoms with E-state index < -0.39 is 5.97 Å². The Morgan fingerprint density at radius 2 is 1.83 bits per heavy atom. The van der Waals surface area contributed by atoms with Gasteiger partial charge in [-0.05, 0) is 24.6 Å². The van der Waals surface area contributed by atoms with Crippen LogP contribution in [-0.2, 0) is 24.2 Å². The van der Waals surface area contributed by atoms with Crippen LogP contribution in [0.15, 0.2) is 54.6 Å². The average Bonchev–Trinajstić information content (AvgIpc) is 3.11. The first-order valence-corrected chi connectivity index (χ1v) is 10.8. The van der Waals surface area contributed by atoms with Crippen LogP contribution < -0.4 is 10.2 Å². The number of anilines is 1. The Morgan fingerprint density at radius 3 is 2.53 bits per heavy atom. The van der Waals surface area contributed by atoms with Crippen LogP contribution in [0.5, 0.6) is 0 Å². The zero-order valence-electron chi connectivity index (χ0n) is 17.2. The highest BCUT2D eigenvalue weighted by Crippen LogP contribution is 2.35. The van der Waals surface area contributed by atoms with Gasteiger partial charge in [0.1, 0.15) is 18.1 Å². The molecular formula is C24H25N2O3S+. The molecule has 0 fully saturated rings. The molecule has 5 nitrogen and oxygen atoms in total. The molecule has 3 aromatic rings. The van der Waals surface area contributed by atoms with Crippen molar-refractivity contribution in [2.75, 3.05) is 19.0 Å². The number of carbonyl (C=O) groups is 2. The fourth-order valence-corrected chi connectivity index (χ4v) is 5.16. The summed E-state index contributed by atoms with van der Waals surface area (Å²) in [5, 5.41) is 3.53. The van der Waals surface area contributed by atoms with Crippen molar-refractivity contribution in [2.45, 2.75) is 26.4 Å². The van der Waals surface area contributed by atoms with Crippen molar-refractivity contribution in [3.8, 4) is 0 Å². The van der Waals surface area contributed by atoms with E-state index >= 15 is 0 Å². The lowest BCUT2D eigenvalue weighted by Gasteiger charge is -2.24. The molecule has 0 spiro atoms. The molecule has 1 amide bonds. The summed E-state index contributed by atoms with van der Waals surface area (Å²) in [7, 11) is 1.38. The quantitative estimate of drug-likeness (QED) is 0.622. The van der Waals surface area contributed by atoms with Gasteiger partial charge in [-0.3, -0.25) is 4.79 Å². The SMILES string of the molecule is COC(=O)c1c(NC(=O)c2ccc(C)cc2)sc2c1CC[NH+](Cc1ccccc1)C2. The minimum absolute atomic E-state index is 0.216. The van der Waals surface area contributed by atoms with Crippen LogP contribution in [0.1, 0.15) is 42.3 Å². The molecule has 1 unspecified atom stereocenters. The summed E-state index contributed by atoms with van der Waals surface area (Å²) in [5.74, 6) is -0.606. The summed E-state index contributed by atoms with van der Waals surface area (Å²) in [6.07, 6.45) is 0.791. The van der Waals surface area contributed by atoms with Crippen molar-refractivity contribution in [1.29, 1.82) is 0 Å². The van der Waals surface area contributed by atoms with E-state index in [1.54, 1.807) is 12.1 Å². The maximum absolute atomic E-state index is 12.7. The predicted molar refractivity (Wildman–Crippen MR) is 118 cm³/mol. The van der Waals surface area contributed by atoms with Crippen molar-refractivity contribution >= 4 is 28.2 Å². The number of esters is 1. The van der Waals surface area contributed by atoms with Crippen molar-refractivity contribution < 1.29 is 19.2 Å². The van der Waals surface area contributed by atoms with Crippen LogP contribution in [0.3, 0.4) is 0 Å². The van der Waals surface area contributed by atoms with Gasteiger partial charge in [0, 0.05) is 17.5 Å². The monoisotopic (exact) mass is 421 g/mol. The Bertz CT molecular complexity index is 1060. The second-order valence-electron chi connectivity index (χ2n) is 7.61. The van der Waals surface area contributed by atoms with Gasteiger partial charge in [-0.25, -0.2) is 4.79 Å². The number of hydrogen-bond acceptors (Lipinski definition) is 4. The number of aryl methyl sites for hydroxylation is 1. The van der Waals surface area contributed by atoms with Gasteiger partial charge in [-0.15, -0.1) is 11.3 Å². The van der Waals surface area contributed by atoms with Gasteiger partial charge in [-0.1, -0.05) is 48.0 Å². The second-order valence-corrected chi connectivity index (χ2v) is 8.71. The number of quaternary nitrogens is 1. The molecule has 1 atom stereocenters. The van der Waals surface area contributed by atoms with E-state index in [1.165, 1.54) is 28.9 Å². The number of methoxy groups -OCH3 is 1. The number of hydrogen-bond donors (Lipinski definition) is 2. The molecule has 2 heterocycles. The lowest BCUT2D eigenvalue weighted by atomic mass is 10.0. The topological polar surface area (TPSA) is 59.8 Å². The van der Waals surface area contributed by atoms with Crippen LogP contribution in [-0.4, -0.2) is 25.5 Å². The Hall–Kier alpha value is -2.96. The number of amides is 1. The maximum atomic E-state index is 12.7. The Kier molecular flexibility index (Phi) is 5.97. The third-order valence-electron chi connectivity index (χ3n) is 5.46. The highest BCUT2D eigenvalue weighted by Gasteiger charge is 2.31. The Morgan fingerprint density at radius 1 is 1.10 bits per heavy atom. The van der Waals surface area contributed by atoms with Gasteiger partial charge in [0.05, 0.1) is 24.1 Å². The van der Waals surface area contributed by atoms with Crippen molar-refractivity contribution in [3.05, 3.63) is 87.3 Å². The van der Waals surface area contributed by atoms with Crippen LogP contribution in [0, 0.1) is 6.92 Å². The zero-order valence-corrected chi connectivity index (χ0v) is 18.0. The molecular weight excluding hydrogens is 396 g/mol. The third kappa shape index (κ3) is 4.30. The van der Waals surface area contributed by atoms with Crippen LogP contribution in [0.25, 0.3) is 0 Å². The molecule has 0 radical (unpaired) electrons. The van der Waals surface area contributed by atoms with E-state index in [-0.39, 0.29) is 5.91 Å². The first-order chi connectivity index (χ1) is 14.5. The largest absolute Gasteiger partial charge is 0.465 e. The molecule has 1 aromatic heterocycles. The molecule has 1 aliphatic rings. The third-order valence-corrected chi connectivity index (χ3v) is 6.60. The molecule has 0 saturated carbocycles. The van der Waals surface area contributed by atoms with E-state index in [4.69, 9.17) is 4.74 Å². The average molecular weight is 422 g/mol. The molecule has 1 aliphatic heterocycles. The molecule has 6 heteroatoms. The second kappa shape index (κ2) is 8.81. The van der Waals surface area contributed by atoms with Gasteiger partial charge < -0.3 is 15.0 Å². The molecule has 4 rings (SSSR count). The fourth-order valence-electron chi connectivity index (χ4n) is 3.86. The van der Waals surface area contributed by atoms with Gasteiger partial charge in [0.15, 0.2) is 0 Å². The molecule has 154 valence electrons. The Balaban J connectivity index is 1.58. The number of fused-ring (bicyclic) bond motifs is 1. The molecule has 0 bridgehead atoms. The summed E-state index contributed by atoms with van der Waals surface area (Å²) in [5.41, 5.74) is 4.49. The predicted octanol–water partition coefficient (Wildman–Crippen LogP) is 3.24. The van der Waals surface area contributed by atoms with Gasteiger partial charge in [-0.2, -0.15) is 0 Å². The summed E-state index contributed by atoms with van der Waals surface area (Å²) >= 11 is 1.49. The van der Waals surface area contributed by atoms with Crippen molar-refractivity contribution in [2.24, 2.45) is 0 Å². The minimum Gasteiger partial charge on any atom is -0.465 e. The summed E-state index contributed by atoms with van der Waals surface area (Å²) in [6, 6.07) is 17.8. The van der Waals surface area contributed by atoms with Gasteiger partial charge in [0.2, 0.25) is 0 Å². The molecule has 2 N–H and O–H groups in total. The first-order valence-electron chi connectivity index (χ1n) is 10.0. The minimum atomic E-state index is -0.391. The number of nitrogens with one attached hydrogen (secondary N) is 2.